The normalized spacial score (nSPS) is 14.6. The lowest BCUT2D eigenvalue weighted by Gasteiger charge is -2.19. The molecule has 0 saturated heterocycles. The second kappa shape index (κ2) is 8.67. The molecular formula is C26H24N2O4S. The number of hydrogen-bond donors (Lipinski definition) is 1. The van der Waals surface area contributed by atoms with Crippen molar-refractivity contribution in [1.29, 1.82) is 0 Å². The molecule has 168 valence electrons. The van der Waals surface area contributed by atoms with E-state index in [1.165, 1.54) is 6.08 Å². The molecule has 0 atom stereocenters. The molecule has 0 bridgehead atoms. The van der Waals surface area contributed by atoms with Crippen LogP contribution in [-0.4, -0.2) is 27.0 Å². The quantitative estimate of drug-likeness (QED) is 0.580. The number of benzene rings is 3. The zero-order valence-electron chi connectivity index (χ0n) is 18.8. The van der Waals surface area contributed by atoms with E-state index in [0.717, 1.165) is 5.56 Å². The maximum absolute atomic E-state index is 13.3. The van der Waals surface area contributed by atoms with Gasteiger partial charge in [0, 0.05) is 16.8 Å². The number of sulfonamides is 1. The predicted molar refractivity (Wildman–Crippen MR) is 130 cm³/mol. The van der Waals surface area contributed by atoms with Gasteiger partial charge < -0.3 is 10.1 Å². The molecule has 33 heavy (non-hydrogen) atoms. The molecular weight excluding hydrogens is 436 g/mol. The lowest BCUT2D eigenvalue weighted by atomic mass is 9.92. The minimum atomic E-state index is -4.02. The average Bonchev–Trinajstić information content (AvgIpc) is 2.76. The minimum Gasteiger partial charge on any atom is -0.497 e. The zero-order chi connectivity index (χ0) is 23.8. The van der Waals surface area contributed by atoms with Gasteiger partial charge in [0.2, 0.25) is 5.78 Å². The highest BCUT2D eigenvalue weighted by atomic mass is 32.2. The molecule has 0 heterocycles. The van der Waals surface area contributed by atoms with Crippen molar-refractivity contribution in [1.82, 2.24) is 0 Å². The summed E-state index contributed by atoms with van der Waals surface area (Å²) in [6, 6.07) is 17.6. The molecule has 0 amide bonds. The first kappa shape index (κ1) is 22.5. The van der Waals surface area contributed by atoms with Crippen LogP contribution in [0.5, 0.6) is 5.75 Å². The zero-order valence-corrected chi connectivity index (χ0v) is 19.7. The molecule has 4 rings (SSSR count). The number of anilines is 1. The third kappa shape index (κ3) is 4.45. The molecule has 0 saturated carbocycles. The highest BCUT2D eigenvalue weighted by Crippen LogP contribution is 2.28. The second-order valence-electron chi connectivity index (χ2n) is 7.97. The maximum atomic E-state index is 13.3. The maximum Gasteiger partial charge on any atom is 0.283 e. The summed E-state index contributed by atoms with van der Waals surface area (Å²) in [5.41, 5.74) is 4.25. The lowest BCUT2D eigenvalue weighted by Crippen LogP contribution is -2.22. The Hall–Kier alpha value is -3.71. The van der Waals surface area contributed by atoms with E-state index < -0.39 is 10.0 Å². The number of methoxy groups -OCH3 is 1. The number of nitrogens with zero attached hydrogens (tertiary/aromatic N) is 1. The first-order chi connectivity index (χ1) is 15.7. The average molecular weight is 461 g/mol. The molecule has 7 heteroatoms. The minimum absolute atomic E-state index is 0.188. The number of allylic oxidation sites excluding steroid dienone is 2. The molecule has 1 aliphatic carbocycles. The van der Waals surface area contributed by atoms with E-state index in [-0.39, 0.29) is 22.1 Å². The summed E-state index contributed by atoms with van der Waals surface area (Å²) in [6.07, 6.45) is 1.49. The fourth-order valence-corrected chi connectivity index (χ4v) is 5.51. The first-order valence-electron chi connectivity index (χ1n) is 10.4. The number of hydrogen-bond acceptors (Lipinski definition) is 5. The van der Waals surface area contributed by atoms with Crippen molar-refractivity contribution in [2.75, 3.05) is 12.4 Å². The Morgan fingerprint density at radius 2 is 1.48 bits per heavy atom. The summed E-state index contributed by atoms with van der Waals surface area (Å²) < 4.78 is 36.0. The van der Waals surface area contributed by atoms with E-state index >= 15 is 0 Å². The number of ketones is 1. The standard InChI is InChI=1S/C26H24N2O4S/c1-16-13-17(2)26(18(3)14-16)33(30,31)28-23-15-24(25(29)22-8-6-5-7-21(22)23)27-19-9-11-20(32-4)12-10-19/h5-15,27H,1-4H3. The Bertz CT molecular complexity index is 1400. The first-order valence-corrected chi connectivity index (χ1v) is 11.8. The van der Waals surface area contributed by atoms with Crippen molar-refractivity contribution in [3.05, 3.63) is 100 Å². The fraction of sp³-hybridized carbons (Fsp3) is 0.154. The summed E-state index contributed by atoms with van der Waals surface area (Å²) >= 11 is 0. The number of fused-ring (bicyclic) bond motifs is 1. The van der Waals surface area contributed by atoms with Crippen molar-refractivity contribution in [2.24, 2.45) is 4.40 Å². The molecule has 1 aliphatic rings. The summed E-state index contributed by atoms with van der Waals surface area (Å²) in [7, 11) is -2.44. The highest BCUT2D eigenvalue weighted by molar-refractivity contribution is 7.90. The van der Waals surface area contributed by atoms with Crippen LogP contribution in [0.3, 0.4) is 0 Å². The van der Waals surface area contributed by atoms with Gasteiger partial charge in [-0.2, -0.15) is 12.8 Å². The molecule has 3 aromatic rings. The SMILES string of the molecule is COc1ccc(NC2=CC(=NS(=O)(=O)c3c(C)cc(C)cc3C)c3ccccc3C2=O)cc1. The summed E-state index contributed by atoms with van der Waals surface area (Å²) in [4.78, 5) is 13.3. The monoisotopic (exact) mass is 460 g/mol. The highest BCUT2D eigenvalue weighted by Gasteiger charge is 2.27. The van der Waals surface area contributed by atoms with Gasteiger partial charge in [0.25, 0.3) is 10.0 Å². The largest absolute Gasteiger partial charge is 0.497 e. The van der Waals surface area contributed by atoms with Crippen molar-refractivity contribution >= 4 is 27.2 Å². The molecule has 0 aliphatic heterocycles. The number of ether oxygens (including phenoxy) is 1. The molecule has 6 nitrogen and oxygen atoms in total. The van der Waals surface area contributed by atoms with Crippen LogP contribution in [0.15, 0.2) is 81.7 Å². The Balaban J connectivity index is 1.82. The third-order valence-corrected chi connectivity index (χ3v) is 7.02. The fourth-order valence-electron chi connectivity index (χ4n) is 4.08. The molecule has 0 aromatic heterocycles. The molecule has 1 N–H and O–H groups in total. The van der Waals surface area contributed by atoms with Crippen LogP contribution in [0.25, 0.3) is 0 Å². The van der Waals surface area contributed by atoms with Crippen molar-refractivity contribution in [2.45, 2.75) is 25.7 Å². The summed E-state index contributed by atoms with van der Waals surface area (Å²) in [6.45, 7) is 5.45. The van der Waals surface area contributed by atoms with Crippen molar-refractivity contribution in [3.8, 4) is 5.75 Å². The topological polar surface area (TPSA) is 84.8 Å². The number of aryl methyl sites for hydroxylation is 3. The van der Waals surface area contributed by atoms with Gasteiger partial charge >= 0.3 is 0 Å². The number of Topliss-reactive ketones (excluding diaryl/α,β-unsaturated/α-hetero) is 1. The van der Waals surface area contributed by atoms with Crippen LogP contribution in [0.1, 0.15) is 32.6 Å². The van der Waals surface area contributed by atoms with Crippen LogP contribution in [0.4, 0.5) is 5.69 Å². The van der Waals surface area contributed by atoms with Crippen LogP contribution in [0, 0.1) is 20.8 Å². The third-order valence-electron chi connectivity index (χ3n) is 5.42. The molecule has 0 unspecified atom stereocenters. The predicted octanol–water partition coefficient (Wildman–Crippen LogP) is 4.99. The van der Waals surface area contributed by atoms with Gasteiger partial charge in [-0.05, 0) is 62.2 Å². The van der Waals surface area contributed by atoms with E-state index in [4.69, 9.17) is 4.74 Å². The Morgan fingerprint density at radius 1 is 0.879 bits per heavy atom. The van der Waals surface area contributed by atoms with Crippen LogP contribution >= 0.6 is 0 Å². The molecule has 0 fully saturated rings. The van der Waals surface area contributed by atoms with Gasteiger partial charge in [-0.15, -0.1) is 0 Å². The van der Waals surface area contributed by atoms with E-state index in [0.29, 0.717) is 33.7 Å². The second-order valence-corrected chi connectivity index (χ2v) is 9.51. The van der Waals surface area contributed by atoms with Gasteiger partial charge in [-0.3, -0.25) is 4.79 Å². The van der Waals surface area contributed by atoms with Gasteiger partial charge in [0.1, 0.15) is 5.75 Å². The Kier molecular flexibility index (Phi) is 5.91. The van der Waals surface area contributed by atoms with Gasteiger partial charge in [-0.25, -0.2) is 0 Å². The number of carbonyl (C=O) groups excluding carboxylic acids is 1. The van der Waals surface area contributed by atoms with Crippen molar-refractivity contribution in [3.63, 3.8) is 0 Å². The summed E-state index contributed by atoms with van der Waals surface area (Å²) in [5.74, 6) is 0.451. The molecule has 0 radical (unpaired) electrons. The molecule has 3 aromatic carbocycles. The number of rotatable bonds is 5. The Morgan fingerprint density at radius 3 is 2.09 bits per heavy atom. The van der Waals surface area contributed by atoms with Gasteiger partial charge in [0.15, 0.2) is 0 Å². The van der Waals surface area contributed by atoms with Crippen LogP contribution in [0.2, 0.25) is 0 Å². The van der Waals surface area contributed by atoms with Crippen LogP contribution < -0.4 is 10.1 Å². The number of nitrogens with one attached hydrogen (secondary N) is 1. The van der Waals surface area contributed by atoms with E-state index in [2.05, 4.69) is 9.71 Å². The van der Waals surface area contributed by atoms with Gasteiger partial charge in [-0.1, -0.05) is 42.0 Å². The van der Waals surface area contributed by atoms with E-state index in [1.807, 2.05) is 19.1 Å². The Labute approximate surface area is 193 Å². The lowest BCUT2D eigenvalue weighted by molar-refractivity contribution is 0.103. The van der Waals surface area contributed by atoms with Crippen LogP contribution in [-0.2, 0) is 10.0 Å². The van der Waals surface area contributed by atoms with E-state index in [1.54, 1.807) is 69.5 Å². The number of carbonyl (C=O) groups is 1. The molecule has 0 spiro atoms. The van der Waals surface area contributed by atoms with Gasteiger partial charge in [0.05, 0.1) is 23.4 Å². The van der Waals surface area contributed by atoms with Crippen molar-refractivity contribution < 1.29 is 17.9 Å². The van der Waals surface area contributed by atoms with E-state index in [9.17, 15) is 13.2 Å². The summed E-state index contributed by atoms with van der Waals surface area (Å²) in [5, 5.41) is 3.09. The smallest absolute Gasteiger partial charge is 0.283 e.